The van der Waals surface area contributed by atoms with Crippen LogP contribution < -0.4 is 4.74 Å². The molecule has 2 heterocycles. The van der Waals surface area contributed by atoms with Gasteiger partial charge in [-0.25, -0.2) is 0 Å². The van der Waals surface area contributed by atoms with E-state index in [1.54, 1.807) is 0 Å². The third kappa shape index (κ3) is 3.49. The van der Waals surface area contributed by atoms with Crippen LogP contribution in [0.15, 0.2) is 24.3 Å². The van der Waals surface area contributed by atoms with Crippen LogP contribution in [0.3, 0.4) is 0 Å². The van der Waals surface area contributed by atoms with Gasteiger partial charge in [0.15, 0.2) is 0 Å². The predicted molar refractivity (Wildman–Crippen MR) is 117 cm³/mol. The summed E-state index contributed by atoms with van der Waals surface area (Å²) in [4.78, 5) is 0. The van der Waals surface area contributed by atoms with Crippen LogP contribution in [0.1, 0.15) is 73.3 Å². The maximum Gasteiger partial charge on any atom is 0.130 e. The van der Waals surface area contributed by atoms with Crippen molar-refractivity contribution in [1.29, 1.82) is 0 Å². The summed E-state index contributed by atoms with van der Waals surface area (Å²) >= 11 is 0. The summed E-state index contributed by atoms with van der Waals surface area (Å²) in [5, 5.41) is 0. The Morgan fingerprint density at radius 3 is 1.31 bits per heavy atom. The summed E-state index contributed by atoms with van der Waals surface area (Å²) in [6.07, 6.45) is 0.341. The molecule has 0 N–H and O–H groups in total. The van der Waals surface area contributed by atoms with Crippen LogP contribution >= 0.6 is 0 Å². The van der Waals surface area contributed by atoms with Crippen LogP contribution in [0, 0.1) is 38.5 Å². The molecule has 2 saturated heterocycles. The Kier molecular flexibility index (Phi) is 4.83. The Morgan fingerprint density at radius 1 is 0.655 bits per heavy atom. The van der Waals surface area contributed by atoms with Gasteiger partial charge >= 0.3 is 0 Å². The lowest BCUT2D eigenvalue weighted by Crippen LogP contribution is -2.40. The molecular weight excluding hydrogens is 360 g/mol. The first-order valence-corrected chi connectivity index (χ1v) is 10.6. The van der Waals surface area contributed by atoms with Gasteiger partial charge in [-0.15, -0.1) is 0 Å². The lowest BCUT2D eigenvalue weighted by atomic mass is 9.77. The summed E-state index contributed by atoms with van der Waals surface area (Å²) in [5.74, 6) is 1.83. The van der Waals surface area contributed by atoms with Crippen molar-refractivity contribution in [3.05, 3.63) is 57.6 Å². The highest BCUT2D eigenvalue weighted by Gasteiger charge is 2.43. The van der Waals surface area contributed by atoms with Gasteiger partial charge in [-0.1, -0.05) is 27.7 Å². The molecule has 3 heteroatoms. The van der Waals surface area contributed by atoms with E-state index in [2.05, 4.69) is 79.7 Å². The highest BCUT2D eigenvalue weighted by atomic mass is 16.5. The van der Waals surface area contributed by atoms with E-state index in [1.807, 2.05) is 0 Å². The van der Waals surface area contributed by atoms with Crippen molar-refractivity contribution in [2.75, 3.05) is 13.2 Å². The lowest BCUT2D eigenvalue weighted by Gasteiger charge is -2.45. The smallest absolute Gasteiger partial charge is 0.130 e. The van der Waals surface area contributed by atoms with Crippen molar-refractivity contribution in [2.24, 2.45) is 10.8 Å². The predicted octanol–water partition coefficient (Wildman–Crippen LogP) is 6.91. The average molecular weight is 395 g/mol. The van der Waals surface area contributed by atoms with Crippen LogP contribution in [0.4, 0.5) is 0 Å². The van der Waals surface area contributed by atoms with E-state index in [1.165, 1.54) is 22.3 Å². The molecule has 156 valence electrons. The van der Waals surface area contributed by atoms with Gasteiger partial charge in [0.1, 0.15) is 11.5 Å². The average Bonchev–Trinajstić information content (AvgIpc) is 2.61. The van der Waals surface area contributed by atoms with Crippen molar-refractivity contribution < 1.29 is 14.2 Å². The first-order chi connectivity index (χ1) is 13.5. The fraction of sp³-hybridized carbons (Fsp3) is 0.538. The third-order valence-corrected chi connectivity index (χ3v) is 6.58. The molecule has 2 unspecified atom stereocenters. The summed E-state index contributed by atoms with van der Waals surface area (Å²) < 4.78 is 18.2. The molecule has 0 saturated carbocycles. The Bertz CT molecular complexity index is 877. The molecule has 2 aliphatic rings. The Labute approximate surface area is 175 Å². The standard InChI is InChI=1S/C26H34O3/c1-15-11-21(17(3)9-19(15)23-25(5,6)13-27-23)29-22-12-16(2)20(10-18(22)4)24-26(7,8)14-28-24/h9-12,23-24H,13-14H2,1-8H3. The summed E-state index contributed by atoms with van der Waals surface area (Å²) in [5.41, 5.74) is 7.67. The first-order valence-electron chi connectivity index (χ1n) is 10.6. The van der Waals surface area contributed by atoms with Crippen molar-refractivity contribution in [3.8, 4) is 11.5 Å². The van der Waals surface area contributed by atoms with E-state index in [-0.39, 0.29) is 23.0 Å². The first kappa shape index (κ1) is 20.4. The number of rotatable bonds is 4. The summed E-state index contributed by atoms with van der Waals surface area (Å²) in [6.45, 7) is 19.2. The molecule has 2 aromatic carbocycles. The summed E-state index contributed by atoms with van der Waals surface area (Å²) in [6, 6.07) is 8.78. The molecule has 0 aliphatic carbocycles. The van der Waals surface area contributed by atoms with Crippen molar-refractivity contribution in [3.63, 3.8) is 0 Å². The normalized spacial score (nSPS) is 24.6. The third-order valence-electron chi connectivity index (χ3n) is 6.58. The largest absolute Gasteiger partial charge is 0.457 e. The molecule has 29 heavy (non-hydrogen) atoms. The van der Waals surface area contributed by atoms with Gasteiger partial charge in [0.05, 0.1) is 25.4 Å². The Balaban J connectivity index is 1.61. The van der Waals surface area contributed by atoms with Gasteiger partial charge in [-0.2, -0.15) is 0 Å². The van der Waals surface area contributed by atoms with E-state index in [4.69, 9.17) is 14.2 Å². The van der Waals surface area contributed by atoms with Crippen LogP contribution in [0.2, 0.25) is 0 Å². The number of hydrogen-bond acceptors (Lipinski definition) is 3. The lowest BCUT2D eigenvalue weighted by molar-refractivity contribution is -0.172. The van der Waals surface area contributed by atoms with Gasteiger partial charge in [-0.05, 0) is 85.3 Å². The number of hydrogen-bond donors (Lipinski definition) is 0. The minimum atomic E-state index is 0.171. The van der Waals surface area contributed by atoms with Gasteiger partial charge in [0.25, 0.3) is 0 Å². The van der Waals surface area contributed by atoms with Gasteiger partial charge in [-0.3, -0.25) is 0 Å². The van der Waals surface area contributed by atoms with E-state index in [0.717, 1.165) is 35.8 Å². The van der Waals surface area contributed by atoms with Gasteiger partial charge in [0, 0.05) is 10.8 Å². The van der Waals surface area contributed by atoms with Crippen molar-refractivity contribution >= 4 is 0 Å². The molecule has 4 rings (SSSR count). The molecule has 2 aromatic rings. The molecule has 2 atom stereocenters. The minimum Gasteiger partial charge on any atom is -0.457 e. The Morgan fingerprint density at radius 2 is 1.03 bits per heavy atom. The molecular formula is C26H34O3. The fourth-order valence-electron chi connectivity index (χ4n) is 4.55. The topological polar surface area (TPSA) is 27.7 Å². The van der Waals surface area contributed by atoms with Crippen molar-refractivity contribution in [2.45, 2.75) is 67.6 Å². The number of ether oxygens (including phenoxy) is 3. The van der Waals surface area contributed by atoms with E-state index in [9.17, 15) is 0 Å². The molecule has 0 spiro atoms. The molecule has 2 fully saturated rings. The van der Waals surface area contributed by atoms with Crippen LogP contribution in [0.5, 0.6) is 11.5 Å². The van der Waals surface area contributed by atoms with Crippen LogP contribution in [-0.2, 0) is 9.47 Å². The van der Waals surface area contributed by atoms with E-state index < -0.39 is 0 Å². The maximum atomic E-state index is 6.40. The molecule has 3 nitrogen and oxygen atoms in total. The minimum absolute atomic E-state index is 0.171. The zero-order valence-corrected chi connectivity index (χ0v) is 19.1. The highest BCUT2D eigenvalue weighted by Crippen LogP contribution is 2.49. The second-order valence-corrected chi connectivity index (χ2v) is 10.4. The zero-order valence-electron chi connectivity index (χ0n) is 19.1. The molecule has 2 aliphatic heterocycles. The SMILES string of the molecule is Cc1cc(C2OCC2(C)C)c(C)cc1Oc1cc(C)c(C2OCC2(C)C)cc1C. The quantitative estimate of drug-likeness (QED) is 0.564. The van der Waals surface area contributed by atoms with Crippen LogP contribution in [0.25, 0.3) is 0 Å². The molecule has 0 amide bonds. The molecule has 0 radical (unpaired) electrons. The number of aryl methyl sites for hydroxylation is 4. The van der Waals surface area contributed by atoms with Gasteiger partial charge < -0.3 is 14.2 Å². The fourth-order valence-corrected chi connectivity index (χ4v) is 4.55. The maximum absolute atomic E-state index is 6.40. The monoisotopic (exact) mass is 394 g/mol. The molecule has 0 bridgehead atoms. The second-order valence-electron chi connectivity index (χ2n) is 10.4. The van der Waals surface area contributed by atoms with E-state index in [0.29, 0.717) is 0 Å². The summed E-state index contributed by atoms with van der Waals surface area (Å²) in [7, 11) is 0. The number of benzene rings is 2. The Hall–Kier alpha value is -1.84. The van der Waals surface area contributed by atoms with Gasteiger partial charge in [0.2, 0.25) is 0 Å². The second kappa shape index (κ2) is 6.85. The van der Waals surface area contributed by atoms with Crippen molar-refractivity contribution in [1.82, 2.24) is 0 Å². The highest BCUT2D eigenvalue weighted by molar-refractivity contribution is 5.49. The van der Waals surface area contributed by atoms with Crippen LogP contribution in [-0.4, -0.2) is 13.2 Å². The van der Waals surface area contributed by atoms with E-state index >= 15 is 0 Å². The zero-order chi connectivity index (χ0) is 21.1. The molecule has 0 aromatic heterocycles.